The van der Waals surface area contributed by atoms with Crippen molar-refractivity contribution in [2.45, 2.75) is 130 Å². The van der Waals surface area contributed by atoms with E-state index in [0.29, 0.717) is 44.3 Å². The van der Waals surface area contributed by atoms with E-state index in [9.17, 15) is 24.3 Å². The number of aromatic nitrogens is 1. The Hall–Kier alpha value is -5.35. The molecule has 2 aromatic carbocycles. The van der Waals surface area contributed by atoms with Crippen LogP contribution in [0.1, 0.15) is 91.0 Å². The number of aryl methyl sites for hydroxylation is 1. The van der Waals surface area contributed by atoms with Gasteiger partial charge in [-0.25, -0.2) is 5.43 Å². The summed E-state index contributed by atoms with van der Waals surface area (Å²) in [5.41, 5.74) is 9.22. The third kappa shape index (κ3) is 11.5. The number of carbonyl (C=O) groups is 4. The SMILES string of the molecule is C=C/C(=C(\N=C/C)[C@H](C)OC)c1c2c3cc(ccc3n1CC)-c1cc(O)cc(c1)C[C@H](NC(=O)[C@H](C(C)C)N(C)C(=O)[C@H]1CC[C@@H](CN(C)C)O1)C(=O)N1CCC[C@H](N1)C(=O)OCC(C)(C)C2. The number of phenols is 1. The van der Waals surface area contributed by atoms with E-state index in [1.54, 1.807) is 32.5 Å². The summed E-state index contributed by atoms with van der Waals surface area (Å²) in [5, 5.41) is 16.7. The van der Waals surface area contributed by atoms with Gasteiger partial charge < -0.3 is 39.0 Å². The quantitative estimate of drug-likeness (QED) is 0.101. The molecule has 0 aliphatic carbocycles. The molecule has 3 amide bonds. The van der Waals surface area contributed by atoms with Gasteiger partial charge in [-0.3, -0.25) is 29.2 Å². The van der Waals surface area contributed by atoms with Crippen molar-refractivity contribution in [2.24, 2.45) is 16.3 Å². The van der Waals surface area contributed by atoms with Crippen LogP contribution in [0.3, 0.4) is 0 Å². The number of hydrogen-bond acceptors (Lipinski definition) is 11. The smallest absolute Gasteiger partial charge is 0.324 e. The number of phenolic OH excluding ortho intramolecular Hbond substituents is 1. The lowest BCUT2D eigenvalue weighted by atomic mass is 9.84. The number of hydrogen-bond donors (Lipinski definition) is 3. The van der Waals surface area contributed by atoms with Gasteiger partial charge in [0.15, 0.2) is 0 Å². The summed E-state index contributed by atoms with van der Waals surface area (Å²) >= 11 is 0. The molecule has 1 aromatic heterocycles. The number of aliphatic imine (C=N–C) groups is 1. The molecule has 2 saturated heterocycles. The Bertz CT molecular complexity index is 2380. The fourth-order valence-corrected chi connectivity index (χ4v) is 9.96. The average Bonchev–Trinajstić information content (AvgIpc) is 3.87. The number of esters is 1. The monoisotopic (exact) mass is 924 g/mol. The number of ether oxygens (including phenoxy) is 3. The fourth-order valence-electron chi connectivity index (χ4n) is 9.96. The third-order valence-corrected chi connectivity index (χ3v) is 13.2. The van der Waals surface area contributed by atoms with Crippen LogP contribution in [0.4, 0.5) is 0 Å². The second kappa shape index (κ2) is 21.7. The van der Waals surface area contributed by atoms with E-state index >= 15 is 0 Å². The van der Waals surface area contributed by atoms with Crippen molar-refractivity contribution in [3.8, 4) is 16.9 Å². The van der Waals surface area contributed by atoms with Gasteiger partial charge in [0.2, 0.25) is 5.91 Å². The minimum Gasteiger partial charge on any atom is -0.508 e. The highest BCUT2D eigenvalue weighted by Crippen LogP contribution is 2.41. The lowest BCUT2D eigenvalue weighted by molar-refractivity contribution is -0.155. The number of aromatic hydroxyl groups is 1. The summed E-state index contributed by atoms with van der Waals surface area (Å²) in [6.45, 7) is 19.8. The van der Waals surface area contributed by atoms with Crippen molar-refractivity contribution in [3.05, 3.63) is 71.6 Å². The van der Waals surface area contributed by atoms with Crippen LogP contribution >= 0.6 is 0 Å². The molecule has 2 fully saturated rings. The van der Waals surface area contributed by atoms with Crippen LogP contribution in [0.25, 0.3) is 27.6 Å². The molecule has 15 nitrogen and oxygen atoms in total. The maximum Gasteiger partial charge on any atom is 0.324 e. The lowest BCUT2D eigenvalue weighted by Gasteiger charge is -2.37. The standard InChI is InChI=1S/C52H73N7O8/c1-13-38(45(53-14-2)32(6)65-12)47-40-28-52(7,8)30-66-51(64)41-17-16-22-59(55-41)49(62)42(25-33-23-35(26-36(60)24-33)34-18-20-43(39(40)27-34)58(47)15-3)54-48(61)46(31(4)5)57(11)50(63)44-21-19-37(67-44)29-56(9)10/h13-14,18,20,23-24,26-27,31-32,37,41-42,44,46,55,60H,1,15-17,19,21-22,25,28-30H2,2-12H3,(H,54,61)/b45-38+,53-14-/t32-,37-,41-,42-,44+,46-/m0/s1. The first-order chi connectivity index (χ1) is 31.8. The van der Waals surface area contributed by atoms with Crippen LogP contribution in [0.2, 0.25) is 0 Å². The van der Waals surface area contributed by atoms with Crippen molar-refractivity contribution in [1.82, 2.24) is 30.1 Å². The number of carbonyl (C=O) groups excluding carboxylic acids is 4. The molecule has 4 heterocycles. The zero-order valence-corrected chi connectivity index (χ0v) is 41.5. The van der Waals surface area contributed by atoms with Crippen molar-refractivity contribution in [1.29, 1.82) is 0 Å². The van der Waals surface area contributed by atoms with Gasteiger partial charge in [0.05, 0.1) is 30.2 Å². The Morgan fingerprint density at radius 2 is 1.84 bits per heavy atom. The summed E-state index contributed by atoms with van der Waals surface area (Å²) in [5.74, 6) is -2.05. The molecule has 0 radical (unpaired) electrons. The van der Waals surface area contributed by atoms with Gasteiger partial charge in [0, 0.05) is 68.3 Å². The molecule has 6 atom stereocenters. The topological polar surface area (TPSA) is 167 Å². The molecule has 15 heteroatoms. The molecule has 3 aromatic rings. The summed E-state index contributed by atoms with van der Waals surface area (Å²) in [7, 11) is 7.19. The maximum absolute atomic E-state index is 14.7. The van der Waals surface area contributed by atoms with E-state index in [4.69, 9.17) is 19.2 Å². The first-order valence-electron chi connectivity index (χ1n) is 23.8. The van der Waals surface area contributed by atoms with E-state index in [0.717, 1.165) is 51.0 Å². The molecule has 364 valence electrons. The molecule has 0 unspecified atom stereocenters. The van der Waals surface area contributed by atoms with Gasteiger partial charge in [-0.15, -0.1) is 0 Å². The summed E-state index contributed by atoms with van der Waals surface area (Å²) in [6, 6.07) is 8.56. The van der Waals surface area contributed by atoms with Gasteiger partial charge in [0.1, 0.15) is 30.0 Å². The van der Waals surface area contributed by atoms with Crippen molar-refractivity contribution in [3.63, 3.8) is 0 Å². The van der Waals surface area contributed by atoms with Crippen LogP contribution in [0.5, 0.6) is 5.75 Å². The predicted octanol–water partition coefficient (Wildman–Crippen LogP) is 6.30. The number of rotatable bonds is 13. The number of hydrazine groups is 1. The number of nitrogens with one attached hydrogen (secondary N) is 2. The molecule has 6 bridgehead atoms. The Morgan fingerprint density at radius 1 is 1.09 bits per heavy atom. The van der Waals surface area contributed by atoms with Gasteiger partial charge in [0.25, 0.3) is 11.8 Å². The van der Waals surface area contributed by atoms with Gasteiger partial charge in [-0.05, 0) is 119 Å². The Labute approximate surface area is 396 Å². The van der Waals surface area contributed by atoms with Gasteiger partial charge in [-0.2, -0.15) is 0 Å². The van der Waals surface area contributed by atoms with E-state index in [2.05, 4.69) is 54.8 Å². The number of nitrogens with zero attached hydrogens (tertiary/aromatic N) is 5. The first-order valence-corrected chi connectivity index (χ1v) is 23.8. The van der Waals surface area contributed by atoms with Crippen molar-refractivity contribution >= 4 is 46.4 Å². The lowest BCUT2D eigenvalue weighted by Crippen LogP contribution is -2.62. The van der Waals surface area contributed by atoms with E-state index < -0.39 is 47.4 Å². The van der Waals surface area contributed by atoms with Crippen LogP contribution < -0.4 is 10.7 Å². The molecule has 0 spiro atoms. The number of fused-ring (bicyclic) bond motifs is 6. The van der Waals surface area contributed by atoms with Crippen LogP contribution in [-0.4, -0.2) is 139 Å². The maximum atomic E-state index is 14.7. The minimum absolute atomic E-state index is 0.00361. The molecule has 0 saturated carbocycles. The zero-order valence-electron chi connectivity index (χ0n) is 41.5. The molecule has 3 aliphatic heterocycles. The first kappa shape index (κ1) is 51.0. The minimum atomic E-state index is -1.15. The Kier molecular flexibility index (Phi) is 16.6. The number of cyclic esters (lactones) is 1. The average molecular weight is 924 g/mol. The summed E-state index contributed by atoms with van der Waals surface area (Å²) < 4.78 is 20.3. The molecule has 67 heavy (non-hydrogen) atoms. The Morgan fingerprint density at radius 3 is 2.49 bits per heavy atom. The van der Waals surface area contributed by atoms with Crippen LogP contribution in [0.15, 0.2) is 59.7 Å². The molecular formula is C52H73N7O8. The van der Waals surface area contributed by atoms with Crippen LogP contribution in [0, 0.1) is 11.3 Å². The van der Waals surface area contributed by atoms with Gasteiger partial charge >= 0.3 is 5.97 Å². The zero-order chi connectivity index (χ0) is 48.9. The predicted molar refractivity (Wildman–Crippen MR) is 262 cm³/mol. The van der Waals surface area contributed by atoms with Gasteiger partial charge in [-0.1, -0.05) is 52.5 Å². The summed E-state index contributed by atoms with van der Waals surface area (Å²) in [6.07, 6.45) is 5.23. The number of amides is 3. The van der Waals surface area contributed by atoms with Crippen molar-refractivity contribution in [2.75, 3.05) is 47.9 Å². The number of allylic oxidation sites excluding steroid dienone is 2. The second-order valence-corrected chi connectivity index (χ2v) is 19.7. The van der Waals surface area contributed by atoms with Crippen molar-refractivity contribution < 1.29 is 38.5 Å². The fraction of sp³-hybridized carbons (Fsp3) is 0.558. The molecular weight excluding hydrogens is 851 g/mol. The normalized spacial score (nSPS) is 22.7. The van der Waals surface area contributed by atoms with E-state index in [1.807, 2.05) is 64.9 Å². The highest BCUT2D eigenvalue weighted by molar-refractivity contribution is 5.96. The number of methoxy groups -OCH3 is 1. The molecule has 3 aliphatic rings. The largest absolute Gasteiger partial charge is 0.508 e. The highest BCUT2D eigenvalue weighted by Gasteiger charge is 2.40. The summed E-state index contributed by atoms with van der Waals surface area (Å²) in [4.78, 5) is 65.4. The molecule has 6 rings (SSSR count). The third-order valence-electron chi connectivity index (χ3n) is 13.2. The van der Waals surface area contributed by atoms with Crippen LogP contribution in [-0.2, 0) is 52.8 Å². The second-order valence-electron chi connectivity index (χ2n) is 19.7. The Balaban J connectivity index is 1.46. The molecule has 3 N–H and O–H groups in total. The number of benzene rings is 2. The number of likely N-dealkylation sites (N-methyl/N-ethyl adjacent to an activating group) is 2. The highest BCUT2D eigenvalue weighted by atomic mass is 16.5. The van der Waals surface area contributed by atoms with E-state index in [-0.39, 0.29) is 49.4 Å². The van der Waals surface area contributed by atoms with E-state index in [1.165, 1.54) is 9.91 Å².